The molecule has 2 aliphatic rings. The smallest absolute Gasteiger partial charge is 0.203 e. The van der Waals surface area contributed by atoms with E-state index in [1.807, 2.05) is 0 Å². The van der Waals surface area contributed by atoms with Crippen molar-refractivity contribution in [2.75, 3.05) is 7.05 Å². The summed E-state index contributed by atoms with van der Waals surface area (Å²) in [6, 6.07) is 1.49. The lowest BCUT2D eigenvalue weighted by Crippen LogP contribution is -2.39. The quantitative estimate of drug-likeness (QED) is 0.759. The molecule has 82 valence electrons. The first-order valence-corrected chi connectivity index (χ1v) is 6.60. The molecule has 2 atom stereocenters. The van der Waals surface area contributed by atoms with Crippen molar-refractivity contribution in [2.24, 2.45) is 0 Å². The highest BCUT2D eigenvalue weighted by atomic mass is 35.5. The van der Waals surface area contributed by atoms with Gasteiger partial charge in [0.15, 0.2) is 0 Å². The van der Waals surface area contributed by atoms with Crippen LogP contribution in [0.3, 0.4) is 0 Å². The molecular formula is C10H14ClN3S. The average Bonchev–Trinajstić information content (AvgIpc) is 2.70. The fraction of sp³-hybridized carbons (Fsp3) is 0.800. The van der Waals surface area contributed by atoms with Gasteiger partial charge in [0.1, 0.15) is 5.82 Å². The molecule has 0 aromatic carbocycles. The van der Waals surface area contributed by atoms with E-state index in [2.05, 4.69) is 21.3 Å². The second-order valence-electron chi connectivity index (χ2n) is 4.62. The van der Waals surface area contributed by atoms with Gasteiger partial charge in [0.2, 0.25) is 4.47 Å². The zero-order valence-corrected chi connectivity index (χ0v) is 10.3. The molecule has 2 aliphatic heterocycles. The first-order chi connectivity index (χ1) is 7.24. The van der Waals surface area contributed by atoms with Gasteiger partial charge in [-0.1, -0.05) is 0 Å². The Morgan fingerprint density at radius 2 is 2.00 bits per heavy atom. The van der Waals surface area contributed by atoms with Gasteiger partial charge in [-0.05, 0) is 55.9 Å². The van der Waals surface area contributed by atoms with Crippen molar-refractivity contribution in [1.82, 2.24) is 14.3 Å². The summed E-state index contributed by atoms with van der Waals surface area (Å²) >= 11 is 7.14. The van der Waals surface area contributed by atoms with E-state index in [-0.39, 0.29) is 0 Å². The number of piperidine rings is 1. The first kappa shape index (κ1) is 10.00. The molecule has 3 heterocycles. The van der Waals surface area contributed by atoms with Gasteiger partial charge in [-0.25, -0.2) is 4.98 Å². The van der Waals surface area contributed by atoms with Crippen LogP contribution in [0, 0.1) is 0 Å². The van der Waals surface area contributed by atoms with E-state index in [0.29, 0.717) is 10.4 Å². The minimum atomic E-state index is 0.544. The Kier molecular flexibility index (Phi) is 2.45. The lowest BCUT2D eigenvalue weighted by atomic mass is 9.90. The molecule has 1 aromatic heterocycles. The normalized spacial score (nSPS) is 36.0. The van der Waals surface area contributed by atoms with Gasteiger partial charge in [0, 0.05) is 18.0 Å². The Hall–Kier alpha value is -0.190. The summed E-state index contributed by atoms with van der Waals surface area (Å²) in [4.78, 5) is 6.84. The van der Waals surface area contributed by atoms with Crippen molar-refractivity contribution in [3.63, 3.8) is 0 Å². The van der Waals surface area contributed by atoms with Crippen molar-refractivity contribution < 1.29 is 0 Å². The molecule has 0 N–H and O–H groups in total. The summed E-state index contributed by atoms with van der Waals surface area (Å²) in [6.07, 6.45) is 5.10. The Morgan fingerprint density at radius 3 is 2.53 bits per heavy atom. The van der Waals surface area contributed by atoms with Crippen molar-refractivity contribution in [2.45, 2.75) is 43.7 Å². The third-order valence-corrected chi connectivity index (χ3v) is 4.69. The molecule has 0 saturated carbocycles. The van der Waals surface area contributed by atoms with Crippen LogP contribution in [0.4, 0.5) is 0 Å². The van der Waals surface area contributed by atoms with Gasteiger partial charge in [0.25, 0.3) is 0 Å². The predicted molar refractivity (Wildman–Crippen MR) is 61.5 cm³/mol. The van der Waals surface area contributed by atoms with Crippen molar-refractivity contribution in [1.29, 1.82) is 0 Å². The predicted octanol–water partition coefficient (Wildman–Crippen LogP) is 2.53. The maximum Gasteiger partial charge on any atom is 0.203 e. The molecule has 1 aromatic rings. The van der Waals surface area contributed by atoms with Crippen LogP contribution in [-0.4, -0.2) is 33.4 Å². The third-order valence-electron chi connectivity index (χ3n) is 3.88. The van der Waals surface area contributed by atoms with E-state index < -0.39 is 0 Å². The van der Waals surface area contributed by atoms with Gasteiger partial charge in [0.05, 0.1) is 0 Å². The molecule has 15 heavy (non-hydrogen) atoms. The topological polar surface area (TPSA) is 29.0 Å². The molecular weight excluding hydrogens is 230 g/mol. The van der Waals surface area contributed by atoms with Crippen molar-refractivity contribution in [3.8, 4) is 0 Å². The summed E-state index contributed by atoms with van der Waals surface area (Å²) in [7, 11) is 2.25. The van der Waals surface area contributed by atoms with E-state index in [1.54, 1.807) is 0 Å². The van der Waals surface area contributed by atoms with Crippen molar-refractivity contribution in [3.05, 3.63) is 10.3 Å². The van der Waals surface area contributed by atoms with Gasteiger partial charge in [-0.15, -0.1) is 0 Å². The van der Waals surface area contributed by atoms with Crippen molar-refractivity contribution >= 4 is 23.1 Å². The molecule has 3 nitrogen and oxygen atoms in total. The second-order valence-corrected chi connectivity index (χ2v) is 5.96. The fourth-order valence-electron chi connectivity index (χ4n) is 3.00. The molecule has 0 aliphatic carbocycles. The largest absolute Gasteiger partial charge is 0.300 e. The number of aromatic nitrogens is 2. The second kappa shape index (κ2) is 3.68. The Labute approximate surface area is 98.6 Å². The van der Waals surface area contributed by atoms with Crippen LogP contribution in [0.1, 0.15) is 37.4 Å². The van der Waals surface area contributed by atoms with Crippen LogP contribution in [0.2, 0.25) is 4.47 Å². The Bertz CT molecular complexity index is 353. The standard InChI is InChI=1S/C10H14ClN3S/c1-14-7-2-3-8(14)5-6(4-7)9-12-10(11)15-13-9/h6-8H,2-5H2,1H3. The highest BCUT2D eigenvalue weighted by Gasteiger charge is 2.39. The lowest BCUT2D eigenvalue weighted by Gasteiger charge is -2.35. The highest BCUT2D eigenvalue weighted by Crippen LogP contribution is 2.41. The summed E-state index contributed by atoms with van der Waals surface area (Å²) in [6.45, 7) is 0. The van der Waals surface area contributed by atoms with E-state index in [9.17, 15) is 0 Å². The summed E-state index contributed by atoms with van der Waals surface area (Å²) < 4.78 is 4.92. The van der Waals surface area contributed by atoms with Crippen LogP contribution in [0.5, 0.6) is 0 Å². The van der Waals surface area contributed by atoms with E-state index >= 15 is 0 Å². The molecule has 5 heteroatoms. The number of hydrogen-bond donors (Lipinski definition) is 0. The summed E-state index contributed by atoms with van der Waals surface area (Å²) in [5.41, 5.74) is 0. The van der Waals surface area contributed by atoms with Crippen LogP contribution in [0.25, 0.3) is 0 Å². The summed E-state index contributed by atoms with van der Waals surface area (Å²) in [5, 5.41) is 0. The zero-order chi connectivity index (χ0) is 10.4. The van der Waals surface area contributed by atoms with Gasteiger partial charge >= 0.3 is 0 Å². The highest BCUT2D eigenvalue weighted by molar-refractivity contribution is 7.10. The van der Waals surface area contributed by atoms with E-state index in [0.717, 1.165) is 17.9 Å². The molecule has 2 bridgehead atoms. The van der Waals surface area contributed by atoms with Crippen LogP contribution >= 0.6 is 23.1 Å². The maximum absolute atomic E-state index is 5.83. The number of rotatable bonds is 1. The minimum absolute atomic E-state index is 0.544. The van der Waals surface area contributed by atoms with Crippen LogP contribution in [0.15, 0.2) is 0 Å². The number of hydrogen-bond acceptors (Lipinski definition) is 4. The maximum atomic E-state index is 5.83. The Balaban J connectivity index is 1.80. The molecule has 0 amide bonds. The van der Waals surface area contributed by atoms with Crippen LogP contribution in [-0.2, 0) is 0 Å². The van der Waals surface area contributed by atoms with Gasteiger partial charge in [-0.3, -0.25) is 0 Å². The molecule has 0 spiro atoms. The fourth-order valence-corrected chi connectivity index (χ4v) is 3.69. The molecule has 3 rings (SSSR count). The van der Waals surface area contributed by atoms with E-state index in [4.69, 9.17) is 11.6 Å². The average molecular weight is 244 g/mol. The molecule has 0 radical (unpaired) electrons. The lowest BCUT2D eigenvalue weighted by molar-refractivity contribution is 0.159. The van der Waals surface area contributed by atoms with Gasteiger partial charge in [-0.2, -0.15) is 4.37 Å². The molecule has 2 saturated heterocycles. The molecule has 2 unspecified atom stereocenters. The minimum Gasteiger partial charge on any atom is -0.300 e. The SMILES string of the molecule is CN1C2CCC1CC(c1nsc(Cl)n1)C2. The monoisotopic (exact) mass is 243 g/mol. The van der Waals surface area contributed by atoms with Gasteiger partial charge < -0.3 is 4.90 Å². The van der Waals surface area contributed by atoms with E-state index in [1.165, 1.54) is 37.2 Å². The number of halogens is 1. The number of fused-ring (bicyclic) bond motifs is 2. The number of nitrogens with zero attached hydrogens (tertiary/aromatic N) is 3. The Morgan fingerprint density at radius 1 is 1.33 bits per heavy atom. The molecule has 2 fully saturated rings. The van der Waals surface area contributed by atoms with Crippen LogP contribution < -0.4 is 0 Å². The first-order valence-electron chi connectivity index (χ1n) is 5.45. The summed E-state index contributed by atoms with van der Waals surface area (Å²) in [5.74, 6) is 1.53. The zero-order valence-electron chi connectivity index (χ0n) is 8.69. The third kappa shape index (κ3) is 1.69.